The molecule has 0 saturated heterocycles. The van der Waals surface area contributed by atoms with Crippen molar-refractivity contribution in [3.8, 4) is 23.0 Å². The van der Waals surface area contributed by atoms with Gasteiger partial charge >= 0.3 is 0 Å². The molecule has 0 bridgehead atoms. The summed E-state index contributed by atoms with van der Waals surface area (Å²) in [6, 6.07) is 18.5. The quantitative estimate of drug-likeness (QED) is 0.577. The summed E-state index contributed by atoms with van der Waals surface area (Å²) in [5, 5.41) is 14.2. The second kappa shape index (κ2) is 7.04. The monoisotopic (exact) mass is 348 g/mol. The molecule has 6 heteroatoms. The van der Waals surface area contributed by atoms with Crippen molar-refractivity contribution >= 4 is 23.6 Å². The standard InChI is InChI=1S/C19H13ClN4O/c20-17-9-5-4-8-16(17)18-14(10-13(11-21)19(22)25)12-24(23-18)15-6-2-1-3-7-15/h1-10,12H,(H2,22,25)/b13-10-. The van der Waals surface area contributed by atoms with E-state index in [0.29, 0.717) is 21.8 Å². The highest BCUT2D eigenvalue weighted by atomic mass is 35.5. The summed E-state index contributed by atoms with van der Waals surface area (Å²) in [6.07, 6.45) is 3.15. The van der Waals surface area contributed by atoms with Crippen LogP contribution < -0.4 is 5.73 Å². The van der Waals surface area contributed by atoms with Gasteiger partial charge < -0.3 is 5.73 Å². The fraction of sp³-hybridized carbons (Fsp3) is 0. The van der Waals surface area contributed by atoms with Crippen LogP contribution in [0.4, 0.5) is 0 Å². The lowest BCUT2D eigenvalue weighted by Crippen LogP contribution is -2.12. The highest BCUT2D eigenvalue weighted by Gasteiger charge is 2.15. The van der Waals surface area contributed by atoms with Crippen molar-refractivity contribution in [1.82, 2.24) is 9.78 Å². The first kappa shape index (κ1) is 16.5. The lowest BCUT2D eigenvalue weighted by Gasteiger charge is -2.02. The predicted molar refractivity (Wildman–Crippen MR) is 96.8 cm³/mol. The SMILES string of the molecule is N#C/C(=C/c1cn(-c2ccccc2)nc1-c1ccccc1Cl)C(N)=O. The summed E-state index contributed by atoms with van der Waals surface area (Å²) < 4.78 is 1.67. The summed E-state index contributed by atoms with van der Waals surface area (Å²) >= 11 is 6.29. The first-order chi connectivity index (χ1) is 12.1. The van der Waals surface area contributed by atoms with Crippen LogP contribution in [0.5, 0.6) is 0 Å². The second-order valence-corrected chi connectivity index (χ2v) is 5.63. The van der Waals surface area contributed by atoms with Crippen molar-refractivity contribution in [3.05, 3.63) is 77.0 Å². The molecule has 0 aliphatic heterocycles. The molecular formula is C19H13ClN4O. The molecule has 0 spiro atoms. The zero-order valence-electron chi connectivity index (χ0n) is 13.1. The molecule has 0 atom stereocenters. The molecule has 25 heavy (non-hydrogen) atoms. The average Bonchev–Trinajstić information content (AvgIpc) is 3.04. The van der Waals surface area contributed by atoms with E-state index >= 15 is 0 Å². The molecule has 3 aromatic rings. The minimum atomic E-state index is -0.792. The third kappa shape index (κ3) is 3.44. The van der Waals surface area contributed by atoms with E-state index < -0.39 is 5.91 Å². The Morgan fingerprint density at radius 2 is 1.84 bits per heavy atom. The van der Waals surface area contributed by atoms with E-state index in [4.69, 9.17) is 22.6 Å². The van der Waals surface area contributed by atoms with Gasteiger partial charge in [-0.3, -0.25) is 4.79 Å². The Hall–Kier alpha value is -3.36. The molecule has 0 unspecified atom stereocenters. The number of rotatable bonds is 4. The minimum absolute atomic E-state index is 0.152. The number of para-hydroxylation sites is 1. The Kier molecular flexibility index (Phi) is 4.64. The number of nitrogens with two attached hydrogens (primary N) is 1. The van der Waals surface area contributed by atoms with E-state index in [-0.39, 0.29) is 5.57 Å². The molecule has 5 nitrogen and oxygen atoms in total. The van der Waals surface area contributed by atoms with Crippen molar-refractivity contribution in [2.75, 3.05) is 0 Å². The van der Waals surface area contributed by atoms with Crippen molar-refractivity contribution < 1.29 is 4.79 Å². The van der Waals surface area contributed by atoms with Crippen LogP contribution in [0.15, 0.2) is 66.4 Å². The molecule has 0 fully saturated rings. The summed E-state index contributed by atoms with van der Waals surface area (Å²) in [7, 11) is 0. The number of carbonyl (C=O) groups excluding carboxylic acids is 1. The van der Waals surface area contributed by atoms with Gasteiger partial charge in [-0.15, -0.1) is 0 Å². The Bertz CT molecular complexity index is 1000. The number of primary amides is 1. The Labute approximate surface area is 149 Å². The van der Waals surface area contributed by atoms with Crippen LogP contribution in [-0.2, 0) is 4.79 Å². The van der Waals surface area contributed by atoms with Gasteiger partial charge in [-0.05, 0) is 24.3 Å². The summed E-state index contributed by atoms with van der Waals surface area (Å²) in [4.78, 5) is 11.4. The van der Waals surface area contributed by atoms with E-state index in [0.717, 1.165) is 5.69 Å². The minimum Gasteiger partial charge on any atom is -0.365 e. The normalized spacial score (nSPS) is 11.1. The molecule has 0 aliphatic rings. The molecule has 1 aromatic heterocycles. The maximum atomic E-state index is 11.4. The first-order valence-corrected chi connectivity index (χ1v) is 7.79. The van der Waals surface area contributed by atoms with Crippen LogP contribution in [0.1, 0.15) is 5.56 Å². The molecular weight excluding hydrogens is 336 g/mol. The number of amides is 1. The molecule has 1 heterocycles. The summed E-state index contributed by atoms with van der Waals surface area (Å²) in [5.41, 5.74) is 7.77. The number of hydrogen-bond acceptors (Lipinski definition) is 3. The summed E-state index contributed by atoms with van der Waals surface area (Å²) in [6.45, 7) is 0. The number of nitrogens with zero attached hydrogens (tertiary/aromatic N) is 3. The molecule has 2 aromatic carbocycles. The molecule has 0 aliphatic carbocycles. The first-order valence-electron chi connectivity index (χ1n) is 7.41. The van der Waals surface area contributed by atoms with Gasteiger partial charge in [-0.2, -0.15) is 10.4 Å². The number of benzene rings is 2. The largest absolute Gasteiger partial charge is 0.365 e. The summed E-state index contributed by atoms with van der Waals surface area (Å²) in [5.74, 6) is -0.792. The van der Waals surface area contributed by atoms with E-state index in [1.807, 2.05) is 54.6 Å². The van der Waals surface area contributed by atoms with Crippen LogP contribution in [0.25, 0.3) is 23.0 Å². The zero-order chi connectivity index (χ0) is 17.8. The van der Waals surface area contributed by atoms with Gasteiger partial charge in [-0.1, -0.05) is 48.0 Å². The fourth-order valence-corrected chi connectivity index (χ4v) is 2.61. The van der Waals surface area contributed by atoms with E-state index in [9.17, 15) is 4.79 Å². The van der Waals surface area contributed by atoms with Crippen molar-refractivity contribution in [2.45, 2.75) is 0 Å². The Morgan fingerprint density at radius 1 is 1.16 bits per heavy atom. The Balaban J connectivity index is 2.22. The van der Waals surface area contributed by atoms with Crippen LogP contribution in [0.2, 0.25) is 5.02 Å². The number of carbonyl (C=O) groups is 1. The van der Waals surface area contributed by atoms with Crippen molar-refractivity contribution in [2.24, 2.45) is 5.73 Å². The molecule has 1 amide bonds. The Morgan fingerprint density at radius 3 is 2.48 bits per heavy atom. The van der Waals surface area contributed by atoms with Crippen LogP contribution in [0.3, 0.4) is 0 Å². The number of hydrogen-bond donors (Lipinski definition) is 1. The average molecular weight is 349 g/mol. The smallest absolute Gasteiger partial charge is 0.259 e. The van der Waals surface area contributed by atoms with E-state index in [2.05, 4.69) is 5.10 Å². The van der Waals surface area contributed by atoms with E-state index in [1.165, 1.54) is 6.08 Å². The third-order valence-electron chi connectivity index (χ3n) is 3.58. The number of halogens is 1. The lowest BCUT2D eigenvalue weighted by molar-refractivity contribution is -0.114. The number of nitriles is 1. The van der Waals surface area contributed by atoms with Crippen LogP contribution in [0, 0.1) is 11.3 Å². The molecule has 2 N–H and O–H groups in total. The topological polar surface area (TPSA) is 84.7 Å². The van der Waals surface area contributed by atoms with Gasteiger partial charge in [-0.25, -0.2) is 4.68 Å². The van der Waals surface area contributed by atoms with Gasteiger partial charge in [0.2, 0.25) is 0 Å². The number of aromatic nitrogens is 2. The third-order valence-corrected chi connectivity index (χ3v) is 3.91. The van der Waals surface area contributed by atoms with Gasteiger partial charge in [0.15, 0.2) is 0 Å². The van der Waals surface area contributed by atoms with Crippen molar-refractivity contribution in [3.63, 3.8) is 0 Å². The van der Waals surface area contributed by atoms with Gasteiger partial charge in [0.05, 0.1) is 10.7 Å². The molecule has 3 rings (SSSR count). The highest BCUT2D eigenvalue weighted by molar-refractivity contribution is 6.33. The van der Waals surface area contributed by atoms with Crippen LogP contribution >= 0.6 is 11.6 Å². The molecule has 0 radical (unpaired) electrons. The lowest BCUT2D eigenvalue weighted by atomic mass is 10.1. The zero-order valence-corrected chi connectivity index (χ0v) is 13.8. The second-order valence-electron chi connectivity index (χ2n) is 5.23. The maximum Gasteiger partial charge on any atom is 0.259 e. The van der Waals surface area contributed by atoms with Gasteiger partial charge in [0.25, 0.3) is 5.91 Å². The van der Waals surface area contributed by atoms with Crippen molar-refractivity contribution in [1.29, 1.82) is 5.26 Å². The fourth-order valence-electron chi connectivity index (χ4n) is 2.38. The van der Waals surface area contributed by atoms with Gasteiger partial charge in [0.1, 0.15) is 17.3 Å². The molecule has 122 valence electrons. The van der Waals surface area contributed by atoms with Gasteiger partial charge in [0, 0.05) is 17.3 Å². The van der Waals surface area contributed by atoms with Crippen LogP contribution in [-0.4, -0.2) is 15.7 Å². The maximum absolute atomic E-state index is 11.4. The highest BCUT2D eigenvalue weighted by Crippen LogP contribution is 2.31. The predicted octanol–water partition coefficient (Wildman–Crippen LogP) is 3.58. The molecule has 0 saturated carbocycles. The van der Waals surface area contributed by atoms with E-state index in [1.54, 1.807) is 16.9 Å².